The molecule has 0 heterocycles. The predicted octanol–water partition coefficient (Wildman–Crippen LogP) is 1.42. The molecule has 5 heteroatoms. The fraction of sp³-hybridized carbons (Fsp3) is 1.00. The molecule has 104 valence electrons. The summed E-state index contributed by atoms with van der Waals surface area (Å²) in [5.74, 6) is 0. The monoisotopic (exact) mass is 352 g/mol. The van der Waals surface area contributed by atoms with E-state index >= 15 is 0 Å². The number of hydrogen-bond donors (Lipinski definition) is 4. The molecular formula is C12H32N4Sn. The van der Waals surface area contributed by atoms with Crippen LogP contribution in [0, 0.1) is 0 Å². The zero-order valence-corrected chi connectivity index (χ0v) is 15.0. The van der Waals surface area contributed by atoms with Crippen LogP contribution in [0.1, 0.15) is 53.4 Å². The van der Waals surface area contributed by atoms with Crippen molar-refractivity contribution in [1.82, 2.24) is 14.2 Å². The van der Waals surface area contributed by atoms with E-state index in [-0.39, 0.29) is 0 Å². The van der Waals surface area contributed by atoms with Gasteiger partial charge in [-0.05, 0) is 0 Å². The summed E-state index contributed by atoms with van der Waals surface area (Å²) in [5, 5.41) is 0. The molecular weight excluding hydrogens is 319 g/mol. The Bertz CT molecular complexity index is 129. The van der Waals surface area contributed by atoms with Gasteiger partial charge in [-0.3, -0.25) is 0 Å². The quantitative estimate of drug-likeness (QED) is 0.402. The second-order valence-electron chi connectivity index (χ2n) is 4.46. The van der Waals surface area contributed by atoms with Gasteiger partial charge in [-0.15, -0.1) is 0 Å². The summed E-state index contributed by atoms with van der Waals surface area (Å²) in [6.45, 7) is 13.3. The van der Waals surface area contributed by atoms with Gasteiger partial charge in [-0.1, -0.05) is 0 Å². The van der Waals surface area contributed by atoms with E-state index in [1.54, 1.807) is 0 Å². The van der Waals surface area contributed by atoms with Crippen molar-refractivity contribution >= 4 is 19.5 Å². The summed E-state index contributed by atoms with van der Waals surface area (Å²) >= 11 is -2.69. The van der Waals surface area contributed by atoms with Crippen molar-refractivity contribution in [2.24, 2.45) is 0 Å². The first-order valence-electron chi connectivity index (χ1n) is 7.24. The molecule has 0 saturated heterocycles. The average molecular weight is 351 g/mol. The summed E-state index contributed by atoms with van der Waals surface area (Å²) in [4.78, 5) is 0. The minimum absolute atomic E-state index is 1.10. The van der Waals surface area contributed by atoms with Crippen molar-refractivity contribution in [3.05, 3.63) is 0 Å². The van der Waals surface area contributed by atoms with Crippen LogP contribution < -0.4 is 14.2 Å². The Morgan fingerprint density at radius 3 is 0.941 bits per heavy atom. The molecule has 4 N–H and O–H groups in total. The molecule has 0 aliphatic rings. The van der Waals surface area contributed by atoms with Crippen molar-refractivity contribution < 1.29 is 0 Å². The Morgan fingerprint density at radius 1 is 0.529 bits per heavy atom. The Morgan fingerprint density at radius 2 is 0.765 bits per heavy atom. The predicted molar refractivity (Wildman–Crippen MR) is 78.9 cm³/mol. The number of rotatable bonds is 12. The molecule has 4 nitrogen and oxygen atoms in total. The van der Waals surface area contributed by atoms with E-state index in [0.717, 1.165) is 26.2 Å². The molecule has 0 aromatic heterocycles. The SMILES string of the molecule is CCC[NH][Sn]([NH]CCC)([NH]CCC)[NH]CCC. The van der Waals surface area contributed by atoms with Crippen molar-refractivity contribution in [3.63, 3.8) is 0 Å². The van der Waals surface area contributed by atoms with E-state index in [4.69, 9.17) is 0 Å². The topological polar surface area (TPSA) is 48.1 Å². The number of nitrogens with one attached hydrogen (secondary N) is 4. The first kappa shape index (κ1) is 17.6. The van der Waals surface area contributed by atoms with E-state index in [1.807, 2.05) is 0 Å². The van der Waals surface area contributed by atoms with Crippen molar-refractivity contribution in [1.29, 1.82) is 0 Å². The van der Waals surface area contributed by atoms with Crippen LogP contribution in [0.3, 0.4) is 0 Å². The number of hydrogen-bond acceptors (Lipinski definition) is 4. The maximum atomic E-state index is 3.76. The first-order chi connectivity index (χ1) is 8.24. The van der Waals surface area contributed by atoms with Gasteiger partial charge in [0.05, 0.1) is 0 Å². The van der Waals surface area contributed by atoms with Crippen LogP contribution in [-0.2, 0) is 0 Å². The molecule has 0 saturated carbocycles. The van der Waals surface area contributed by atoms with Gasteiger partial charge in [-0.25, -0.2) is 0 Å². The third-order valence-electron chi connectivity index (χ3n) is 2.56. The molecule has 0 aliphatic carbocycles. The van der Waals surface area contributed by atoms with Crippen LogP contribution in [0.15, 0.2) is 0 Å². The third kappa shape index (κ3) is 8.37. The molecule has 0 rings (SSSR count). The molecule has 0 fully saturated rings. The fourth-order valence-corrected chi connectivity index (χ4v) is 10.9. The van der Waals surface area contributed by atoms with Crippen LogP contribution in [0.25, 0.3) is 0 Å². The van der Waals surface area contributed by atoms with Gasteiger partial charge in [-0.2, -0.15) is 0 Å². The zero-order chi connectivity index (χ0) is 13.0. The van der Waals surface area contributed by atoms with Gasteiger partial charge >= 0.3 is 113 Å². The summed E-state index contributed by atoms with van der Waals surface area (Å²) in [6, 6.07) is 0. The summed E-state index contributed by atoms with van der Waals surface area (Å²) in [5.41, 5.74) is 0. The molecule has 17 heavy (non-hydrogen) atoms. The van der Waals surface area contributed by atoms with Crippen molar-refractivity contribution in [2.75, 3.05) is 26.2 Å². The van der Waals surface area contributed by atoms with E-state index in [0.29, 0.717) is 0 Å². The third-order valence-corrected chi connectivity index (χ3v) is 11.5. The fourth-order valence-electron chi connectivity index (χ4n) is 1.62. The van der Waals surface area contributed by atoms with Gasteiger partial charge < -0.3 is 0 Å². The molecule has 0 amide bonds. The maximum absolute atomic E-state index is 3.76. The average Bonchev–Trinajstić information content (AvgIpc) is 2.37. The van der Waals surface area contributed by atoms with Gasteiger partial charge in [0.1, 0.15) is 0 Å². The van der Waals surface area contributed by atoms with E-state index in [2.05, 4.69) is 41.8 Å². The molecule has 0 bridgehead atoms. The van der Waals surface area contributed by atoms with Gasteiger partial charge in [0.25, 0.3) is 0 Å². The molecule has 0 aliphatic heterocycles. The molecule has 0 aromatic rings. The van der Waals surface area contributed by atoms with Crippen LogP contribution >= 0.6 is 0 Å². The molecule has 0 spiro atoms. The minimum atomic E-state index is -2.69. The molecule has 0 aromatic carbocycles. The molecule has 0 radical (unpaired) electrons. The standard InChI is InChI=1S/4C3H8N.Sn/c4*1-2-3-4;/h4*4H,2-3H2,1H3;/q4*-1;+4. The van der Waals surface area contributed by atoms with Crippen LogP contribution in [0.2, 0.25) is 0 Å². The summed E-state index contributed by atoms with van der Waals surface area (Å²) in [7, 11) is 0. The van der Waals surface area contributed by atoms with Crippen molar-refractivity contribution in [2.45, 2.75) is 53.4 Å². The second kappa shape index (κ2) is 11.7. The first-order valence-corrected chi connectivity index (χ1v) is 13.0. The van der Waals surface area contributed by atoms with Gasteiger partial charge in [0.2, 0.25) is 0 Å². The van der Waals surface area contributed by atoms with Gasteiger partial charge in [0.15, 0.2) is 0 Å². The van der Waals surface area contributed by atoms with Crippen molar-refractivity contribution in [3.8, 4) is 0 Å². The Labute approximate surface area is 113 Å². The second-order valence-corrected chi connectivity index (χ2v) is 12.8. The molecule has 0 unspecified atom stereocenters. The van der Waals surface area contributed by atoms with Crippen LogP contribution in [0.4, 0.5) is 0 Å². The Balaban J connectivity index is 4.39. The summed E-state index contributed by atoms with van der Waals surface area (Å²) in [6.07, 6.45) is 4.75. The Kier molecular flexibility index (Phi) is 12.2. The van der Waals surface area contributed by atoms with Crippen LogP contribution in [-0.4, -0.2) is 45.6 Å². The zero-order valence-electron chi connectivity index (χ0n) is 12.2. The van der Waals surface area contributed by atoms with Gasteiger partial charge in [0, 0.05) is 0 Å². The summed E-state index contributed by atoms with van der Waals surface area (Å²) < 4.78 is 15.1. The van der Waals surface area contributed by atoms with E-state index in [1.165, 1.54) is 25.7 Å². The normalized spacial score (nSPS) is 12.0. The van der Waals surface area contributed by atoms with E-state index < -0.39 is 19.5 Å². The van der Waals surface area contributed by atoms with E-state index in [9.17, 15) is 0 Å². The Hall–Kier alpha value is 0.639. The molecule has 0 atom stereocenters. The van der Waals surface area contributed by atoms with Crippen LogP contribution in [0.5, 0.6) is 0 Å².